The predicted molar refractivity (Wildman–Crippen MR) is 64.9 cm³/mol. The lowest BCUT2D eigenvalue weighted by Crippen LogP contribution is -2.76. The molecular formula is C11H18N4S. The highest BCUT2D eigenvalue weighted by Gasteiger charge is 2.61. The third-order valence-electron chi connectivity index (χ3n) is 5.32. The monoisotopic (exact) mass is 238 g/mol. The molecule has 5 heteroatoms. The molecule has 1 heterocycles. The Morgan fingerprint density at radius 1 is 1.12 bits per heavy atom. The summed E-state index contributed by atoms with van der Waals surface area (Å²) in [4.78, 5) is 0. The summed E-state index contributed by atoms with van der Waals surface area (Å²) in [5.74, 6) is 3.66. The van der Waals surface area contributed by atoms with E-state index in [1.54, 1.807) is 0 Å². The average Bonchev–Trinajstić information content (AvgIpc) is 2.93. The van der Waals surface area contributed by atoms with E-state index in [4.69, 9.17) is 12.2 Å². The van der Waals surface area contributed by atoms with Crippen LogP contribution in [0.3, 0.4) is 0 Å². The summed E-state index contributed by atoms with van der Waals surface area (Å²) in [5.41, 5.74) is 13.1. The first-order chi connectivity index (χ1) is 7.78. The lowest BCUT2D eigenvalue weighted by molar-refractivity contribution is 0.0646. The summed E-state index contributed by atoms with van der Waals surface area (Å²) in [6, 6.07) is 0. The van der Waals surface area contributed by atoms with Crippen molar-refractivity contribution in [3.8, 4) is 0 Å². The predicted octanol–water partition coefficient (Wildman–Crippen LogP) is 0.626. The van der Waals surface area contributed by atoms with Gasteiger partial charge in [-0.2, -0.15) is 0 Å². The maximum atomic E-state index is 5.06. The molecule has 4 N–H and O–H groups in total. The van der Waals surface area contributed by atoms with Gasteiger partial charge in [0, 0.05) is 0 Å². The molecule has 0 radical (unpaired) electrons. The number of rotatable bonds is 0. The smallest absolute Gasteiger partial charge is 0.195 e. The molecule has 0 amide bonds. The molecule has 4 fully saturated rings. The molecule has 1 saturated heterocycles. The van der Waals surface area contributed by atoms with Crippen molar-refractivity contribution in [3.63, 3.8) is 0 Å². The molecule has 3 aliphatic carbocycles. The van der Waals surface area contributed by atoms with Gasteiger partial charge in [0.1, 0.15) is 5.66 Å². The Bertz CT molecular complexity index is 335. The van der Waals surface area contributed by atoms with Gasteiger partial charge in [-0.1, -0.05) is 6.42 Å². The van der Waals surface area contributed by atoms with E-state index < -0.39 is 0 Å². The molecule has 4 atom stereocenters. The molecule has 0 aromatic heterocycles. The molecule has 16 heavy (non-hydrogen) atoms. The van der Waals surface area contributed by atoms with Gasteiger partial charge in [0.25, 0.3) is 0 Å². The topological polar surface area (TPSA) is 48.1 Å². The molecule has 4 unspecified atom stereocenters. The Kier molecular flexibility index (Phi) is 1.86. The van der Waals surface area contributed by atoms with E-state index in [2.05, 4.69) is 21.7 Å². The molecule has 1 aliphatic heterocycles. The van der Waals surface area contributed by atoms with Gasteiger partial charge < -0.3 is 0 Å². The van der Waals surface area contributed by atoms with Crippen LogP contribution in [0.1, 0.15) is 32.1 Å². The van der Waals surface area contributed by atoms with Gasteiger partial charge in [-0.05, 0) is 61.6 Å². The minimum absolute atomic E-state index is 0.0541. The first-order valence-corrected chi connectivity index (χ1v) is 6.80. The van der Waals surface area contributed by atoms with Crippen LogP contribution in [0.5, 0.6) is 0 Å². The van der Waals surface area contributed by atoms with Gasteiger partial charge in [0.05, 0.1) is 0 Å². The Labute approximate surface area is 101 Å². The normalized spacial score (nSPS) is 47.9. The fourth-order valence-corrected chi connectivity index (χ4v) is 4.93. The zero-order valence-electron chi connectivity index (χ0n) is 9.25. The lowest BCUT2D eigenvalue weighted by atomic mass is 9.76. The van der Waals surface area contributed by atoms with Gasteiger partial charge in [-0.3, -0.25) is 10.9 Å². The zero-order valence-corrected chi connectivity index (χ0v) is 10.1. The van der Waals surface area contributed by atoms with Crippen molar-refractivity contribution in [1.29, 1.82) is 0 Å². The second-order valence-electron chi connectivity index (χ2n) is 5.87. The maximum Gasteiger partial charge on any atom is 0.195 e. The van der Waals surface area contributed by atoms with Gasteiger partial charge >= 0.3 is 0 Å². The second-order valence-corrected chi connectivity index (χ2v) is 6.27. The van der Waals surface area contributed by atoms with Gasteiger partial charge in [-0.25, -0.2) is 10.9 Å². The lowest BCUT2D eigenvalue weighted by Gasteiger charge is -2.46. The van der Waals surface area contributed by atoms with Crippen LogP contribution in [0, 0.1) is 23.7 Å². The largest absolute Gasteiger partial charge is 0.295 e. The highest BCUT2D eigenvalue weighted by Crippen LogP contribution is 2.61. The van der Waals surface area contributed by atoms with E-state index in [0.29, 0.717) is 5.11 Å². The molecule has 3 saturated carbocycles. The Morgan fingerprint density at radius 3 is 2.69 bits per heavy atom. The Hall–Kier alpha value is -0.390. The molecule has 2 bridgehead atoms. The number of hydrazine groups is 2. The van der Waals surface area contributed by atoms with Crippen molar-refractivity contribution in [2.45, 2.75) is 37.8 Å². The van der Waals surface area contributed by atoms with Crippen LogP contribution in [-0.2, 0) is 0 Å². The van der Waals surface area contributed by atoms with E-state index in [1.165, 1.54) is 32.1 Å². The molecule has 4 rings (SSSR count). The van der Waals surface area contributed by atoms with Crippen molar-refractivity contribution < 1.29 is 0 Å². The molecule has 0 aromatic rings. The van der Waals surface area contributed by atoms with Crippen molar-refractivity contribution in [1.82, 2.24) is 21.7 Å². The number of hydrogen-bond donors (Lipinski definition) is 4. The molecule has 1 spiro atoms. The number of fused-ring (bicyclic) bond motifs is 6. The fourth-order valence-electron chi connectivity index (χ4n) is 4.83. The zero-order chi connectivity index (χ0) is 10.8. The van der Waals surface area contributed by atoms with Crippen molar-refractivity contribution in [2.24, 2.45) is 23.7 Å². The van der Waals surface area contributed by atoms with E-state index in [9.17, 15) is 0 Å². The van der Waals surface area contributed by atoms with E-state index in [1.807, 2.05) is 0 Å². The van der Waals surface area contributed by atoms with Crippen LogP contribution in [0.25, 0.3) is 0 Å². The summed E-state index contributed by atoms with van der Waals surface area (Å²) >= 11 is 5.06. The minimum atomic E-state index is 0.0541. The number of thiocarbonyl (C=S) groups is 1. The fraction of sp³-hybridized carbons (Fsp3) is 0.909. The van der Waals surface area contributed by atoms with Gasteiger partial charge in [-0.15, -0.1) is 0 Å². The number of nitrogens with one attached hydrogen (secondary N) is 4. The van der Waals surface area contributed by atoms with Crippen LogP contribution in [-0.4, -0.2) is 10.8 Å². The summed E-state index contributed by atoms with van der Waals surface area (Å²) in [6.45, 7) is 0. The molecular weight excluding hydrogens is 220 g/mol. The quantitative estimate of drug-likeness (QED) is 0.466. The van der Waals surface area contributed by atoms with Crippen LogP contribution >= 0.6 is 12.2 Å². The van der Waals surface area contributed by atoms with Crippen LogP contribution in [0.15, 0.2) is 0 Å². The van der Waals surface area contributed by atoms with Crippen LogP contribution in [0.2, 0.25) is 0 Å². The Balaban J connectivity index is 1.61. The summed E-state index contributed by atoms with van der Waals surface area (Å²) in [7, 11) is 0. The highest BCUT2D eigenvalue weighted by molar-refractivity contribution is 7.80. The first kappa shape index (κ1) is 9.62. The summed E-state index contributed by atoms with van der Waals surface area (Å²) < 4.78 is 0. The average molecular weight is 238 g/mol. The maximum absolute atomic E-state index is 5.06. The third-order valence-corrected chi connectivity index (χ3v) is 5.52. The summed E-state index contributed by atoms with van der Waals surface area (Å²) in [5, 5.41) is 0.649. The first-order valence-electron chi connectivity index (χ1n) is 6.39. The molecule has 88 valence electrons. The SMILES string of the molecule is S=C1NNC2(CC3CC2C2CCCC32)NN1. The standard InChI is InChI=1S/C11H18N4S/c16-10-12-14-11(15-13-10)5-6-4-9(11)8-3-1-2-7(6)8/h6-9,14-15H,1-5H2,(H2,12,13,16). The van der Waals surface area contributed by atoms with E-state index in [-0.39, 0.29) is 5.66 Å². The second kappa shape index (κ2) is 3.09. The third kappa shape index (κ3) is 1.09. The molecule has 4 aliphatic rings. The van der Waals surface area contributed by atoms with Crippen molar-refractivity contribution in [3.05, 3.63) is 0 Å². The number of hydrogen-bond acceptors (Lipinski definition) is 3. The van der Waals surface area contributed by atoms with Crippen LogP contribution < -0.4 is 21.7 Å². The van der Waals surface area contributed by atoms with E-state index >= 15 is 0 Å². The van der Waals surface area contributed by atoms with Crippen LogP contribution in [0.4, 0.5) is 0 Å². The van der Waals surface area contributed by atoms with Gasteiger partial charge in [0.2, 0.25) is 0 Å². The highest BCUT2D eigenvalue weighted by atomic mass is 32.1. The summed E-state index contributed by atoms with van der Waals surface area (Å²) in [6.07, 6.45) is 6.98. The van der Waals surface area contributed by atoms with Crippen molar-refractivity contribution >= 4 is 17.3 Å². The van der Waals surface area contributed by atoms with E-state index in [0.717, 1.165) is 23.7 Å². The van der Waals surface area contributed by atoms with Crippen molar-refractivity contribution in [2.75, 3.05) is 0 Å². The molecule has 4 nitrogen and oxygen atoms in total. The minimum Gasteiger partial charge on any atom is -0.295 e. The van der Waals surface area contributed by atoms with Gasteiger partial charge in [0.15, 0.2) is 5.11 Å². The molecule has 0 aromatic carbocycles. The Morgan fingerprint density at radius 2 is 1.88 bits per heavy atom.